The molecule has 0 aromatic carbocycles. The summed E-state index contributed by atoms with van der Waals surface area (Å²) in [7, 11) is 0. The standard InChI is InChI=1S/C6H8ClF3/c1-4(2)3-5(4,7)6(8,9)10/h3H2,1-2H3. The Hall–Kier alpha value is 0.0800. The van der Waals surface area contributed by atoms with Gasteiger partial charge in [-0.2, -0.15) is 13.2 Å². The Morgan fingerprint density at radius 3 is 1.60 bits per heavy atom. The lowest BCUT2D eigenvalue weighted by Crippen LogP contribution is -2.29. The molecule has 1 unspecified atom stereocenters. The zero-order valence-electron chi connectivity index (χ0n) is 5.72. The van der Waals surface area contributed by atoms with Crippen molar-refractivity contribution in [2.45, 2.75) is 31.3 Å². The van der Waals surface area contributed by atoms with Gasteiger partial charge in [-0.25, -0.2) is 0 Å². The summed E-state index contributed by atoms with van der Waals surface area (Å²) in [5.41, 5.74) is -0.771. The molecule has 0 nitrogen and oxygen atoms in total. The predicted molar refractivity (Wildman–Crippen MR) is 33.0 cm³/mol. The maximum absolute atomic E-state index is 12.0. The van der Waals surface area contributed by atoms with E-state index in [0.29, 0.717) is 0 Å². The fourth-order valence-corrected chi connectivity index (χ4v) is 1.38. The molecule has 0 bridgehead atoms. The first kappa shape index (κ1) is 8.18. The Morgan fingerprint density at radius 1 is 1.30 bits per heavy atom. The second kappa shape index (κ2) is 1.63. The van der Waals surface area contributed by atoms with Crippen LogP contribution in [-0.2, 0) is 0 Å². The molecule has 0 aliphatic heterocycles. The Bertz CT molecular complexity index is 161. The minimum Gasteiger partial charge on any atom is -0.169 e. The number of rotatable bonds is 0. The van der Waals surface area contributed by atoms with Gasteiger partial charge in [0.05, 0.1) is 0 Å². The van der Waals surface area contributed by atoms with Crippen molar-refractivity contribution in [1.82, 2.24) is 0 Å². The van der Waals surface area contributed by atoms with Crippen LogP contribution < -0.4 is 0 Å². The van der Waals surface area contributed by atoms with Crippen LogP contribution in [0.25, 0.3) is 0 Å². The van der Waals surface area contributed by atoms with Crippen LogP contribution in [0.4, 0.5) is 13.2 Å². The van der Waals surface area contributed by atoms with Gasteiger partial charge in [0.2, 0.25) is 0 Å². The van der Waals surface area contributed by atoms with E-state index in [1.165, 1.54) is 13.8 Å². The Labute approximate surface area is 62.4 Å². The molecule has 1 saturated carbocycles. The maximum atomic E-state index is 12.0. The molecule has 1 aliphatic carbocycles. The van der Waals surface area contributed by atoms with Gasteiger partial charge in [-0.3, -0.25) is 0 Å². The van der Waals surface area contributed by atoms with Crippen LogP contribution in [-0.4, -0.2) is 11.1 Å². The normalized spacial score (nSPS) is 37.8. The van der Waals surface area contributed by atoms with Crippen LogP contribution >= 0.6 is 11.6 Å². The van der Waals surface area contributed by atoms with E-state index in [-0.39, 0.29) is 6.42 Å². The van der Waals surface area contributed by atoms with Crippen molar-refractivity contribution < 1.29 is 13.2 Å². The van der Waals surface area contributed by atoms with E-state index in [0.717, 1.165) is 0 Å². The quantitative estimate of drug-likeness (QED) is 0.493. The highest BCUT2D eigenvalue weighted by atomic mass is 35.5. The number of halogens is 4. The number of alkyl halides is 4. The van der Waals surface area contributed by atoms with Crippen molar-refractivity contribution >= 4 is 11.6 Å². The molecular weight excluding hydrogens is 165 g/mol. The average molecular weight is 173 g/mol. The van der Waals surface area contributed by atoms with Gasteiger partial charge in [0.25, 0.3) is 0 Å². The van der Waals surface area contributed by atoms with Crippen LogP contribution in [0.15, 0.2) is 0 Å². The lowest BCUT2D eigenvalue weighted by Gasteiger charge is -2.15. The molecule has 0 spiro atoms. The smallest absolute Gasteiger partial charge is 0.169 e. The molecule has 0 aromatic heterocycles. The summed E-state index contributed by atoms with van der Waals surface area (Å²) < 4.78 is 36.0. The second-order valence-electron chi connectivity index (χ2n) is 3.36. The molecule has 0 N–H and O–H groups in total. The van der Waals surface area contributed by atoms with Crippen LogP contribution in [0.5, 0.6) is 0 Å². The predicted octanol–water partition coefficient (Wildman–Crippen LogP) is 2.96. The van der Waals surface area contributed by atoms with Crippen molar-refractivity contribution in [3.05, 3.63) is 0 Å². The summed E-state index contributed by atoms with van der Waals surface area (Å²) in [6, 6.07) is 0. The second-order valence-corrected chi connectivity index (χ2v) is 4.00. The largest absolute Gasteiger partial charge is 0.408 e. The van der Waals surface area contributed by atoms with Crippen molar-refractivity contribution in [2.24, 2.45) is 5.41 Å². The Kier molecular flexibility index (Phi) is 1.33. The number of hydrogen-bond donors (Lipinski definition) is 0. The minimum atomic E-state index is -4.25. The summed E-state index contributed by atoms with van der Waals surface area (Å²) in [5, 5.41) is 0. The molecule has 0 heterocycles. The first-order chi connectivity index (χ1) is 4.21. The first-order valence-corrected chi connectivity index (χ1v) is 3.34. The Morgan fingerprint density at radius 2 is 1.60 bits per heavy atom. The molecule has 10 heavy (non-hydrogen) atoms. The summed E-state index contributed by atoms with van der Waals surface area (Å²) in [6.07, 6.45) is -4.22. The fourth-order valence-electron chi connectivity index (χ4n) is 1.05. The van der Waals surface area contributed by atoms with Crippen molar-refractivity contribution in [3.8, 4) is 0 Å². The third kappa shape index (κ3) is 0.831. The average Bonchev–Trinajstić information content (AvgIpc) is 2.05. The summed E-state index contributed by atoms with van der Waals surface area (Å²) >= 11 is 5.29. The Balaban J connectivity index is 2.78. The van der Waals surface area contributed by atoms with Crippen molar-refractivity contribution in [3.63, 3.8) is 0 Å². The van der Waals surface area contributed by atoms with E-state index in [4.69, 9.17) is 11.6 Å². The molecule has 0 radical (unpaired) electrons. The van der Waals surface area contributed by atoms with Gasteiger partial charge in [0.1, 0.15) is 4.87 Å². The van der Waals surface area contributed by atoms with Gasteiger partial charge in [0.15, 0.2) is 0 Å². The van der Waals surface area contributed by atoms with E-state index in [1.54, 1.807) is 0 Å². The molecule has 1 rings (SSSR count). The molecular formula is C6H8ClF3. The van der Waals surface area contributed by atoms with Crippen molar-refractivity contribution in [1.29, 1.82) is 0 Å². The third-order valence-corrected chi connectivity index (χ3v) is 2.94. The zero-order valence-corrected chi connectivity index (χ0v) is 6.47. The van der Waals surface area contributed by atoms with E-state index in [2.05, 4.69) is 0 Å². The monoisotopic (exact) mass is 172 g/mol. The molecule has 60 valence electrons. The van der Waals surface area contributed by atoms with Gasteiger partial charge in [0, 0.05) is 0 Å². The lowest BCUT2D eigenvalue weighted by molar-refractivity contribution is -0.144. The fraction of sp³-hybridized carbons (Fsp3) is 1.00. The molecule has 0 aromatic rings. The molecule has 1 fully saturated rings. The van der Waals surface area contributed by atoms with Crippen LogP contribution in [0.2, 0.25) is 0 Å². The van der Waals surface area contributed by atoms with Gasteiger partial charge in [-0.15, -0.1) is 11.6 Å². The van der Waals surface area contributed by atoms with E-state index >= 15 is 0 Å². The number of hydrogen-bond acceptors (Lipinski definition) is 0. The third-order valence-electron chi connectivity index (χ3n) is 2.08. The first-order valence-electron chi connectivity index (χ1n) is 2.96. The molecule has 4 heteroatoms. The highest BCUT2D eigenvalue weighted by Gasteiger charge is 2.74. The summed E-state index contributed by atoms with van der Waals surface area (Å²) in [5.74, 6) is 0. The summed E-state index contributed by atoms with van der Waals surface area (Å²) in [6.45, 7) is 3.04. The van der Waals surface area contributed by atoms with Crippen LogP contribution in [0.1, 0.15) is 20.3 Å². The molecule has 1 atom stereocenters. The molecule has 0 saturated heterocycles. The van der Waals surface area contributed by atoms with Gasteiger partial charge < -0.3 is 0 Å². The highest BCUT2D eigenvalue weighted by Crippen LogP contribution is 2.67. The zero-order chi connectivity index (χ0) is 8.21. The van der Waals surface area contributed by atoms with Gasteiger partial charge in [-0.1, -0.05) is 13.8 Å². The highest BCUT2D eigenvalue weighted by molar-refractivity contribution is 6.27. The molecule has 1 aliphatic rings. The van der Waals surface area contributed by atoms with Gasteiger partial charge >= 0.3 is 6.18 Å². The van der Waals surface area contributed by atoms with Crippen LogP contribution in [0.3, 0.4) is 0 Å². The van der Waals surface area contributed by atoms with E-state index < -0.39 is 16.5 Å². The maximum Gasteiger partial charge on any atom is 0.408 e. The lowest BCUT2D eigenvalue weighted by atomic mass is 10.1. The van der Waals surface area contributed by atoms with Crippen molar-refractivity contribution in [2.75, 3.05) is 0 Å². The molecule has 0 amide bonds. The van der Waals surface area contributed by atoms with Crippen LogP contribution in [0, 0.1) is 5.41 Å². The van der Waals surface area contributed by atoms with E-state index in [1.807, 2.05) is 0 Å². The minimum absolute atomic E-state index is 0.0328. The van der Waals surface area contributed by atoms with Gasteiger partial charge in [-0.05, 0) is 11.8 Å². The SMILES string of the molecule is CC1(C)CC1(Cl)C(F)(F)F. The summed E-state index contributed by atoms with van der Waals surface area (Å²) in [4.78, 5) is -1.94. The topological polar surface area (TPSA) is 0 Å². The van der Waals surface area contributed by atoms with E-state index in [9.17, 15) is 13.2 Å².